The molecule has 0 saturated heterocycles. The fourth-order valence-electron chi connectivity index (χ4n) is 3.37. The second-order valence-electron chi connectivity index (χ2n) is 7.51. The van der Waals surface area contributed by atoms with E-state index in [9.17, 15) is 9.90 Å². The van der Waals surface area contributed by atoms with E-state index in [0.29, 0.717) is 38.2 Å². The van der Waals surface area contributed by atoms with Crippen LogP contribution in [0.4, 0.5) is 5.82 Å². The van der Waals surface area contributed by atoms with Crippen LogP contribution < -0.4 is 9.64 Å². The molecule has 2 aliphatic rings. The standard InChI is InChI=1S/C18H26N2O3/c1-12(2)6-7-23-15-8-13-4-5-16(21)20(17(13)19-11-15)14-9-18(3,22)10-14/h8,11-12,14,22H,4-7,9-10H2,1-3H3/t14-,18-. The van der Waals surface area contributed by atoms with Crippen molar-refractivity contribution >= 4 is 11.7 Å². The van der Waals surface area contributed by atoms with Crippen LogP contribution in [0, 0.1) is 5.92 Å². The first-order valence-electron chi connectivity index (χ1n) is 8.52. The Morgan fingerprint density at radius 3 is 2.83 bits per heavy atom. The monoisotopic (exact) mass is 318 g/mol. The van der Waals surface area contributed by atoms with Crippen molar-refractivity contribution in [2.45, 2.75) is 64.5 Å². The topological polar surface area (TPSA) is 62.7 Å². The summed E-state index contributed by atoms with van der Waals surface area (Å²) in [6.45, 7) is 6.85. The smallest absolute Gasteiger partial charge is 0.228 e. The van der Waals surface area contributed by atoms with Gasteiger partial charge in [0, 0.05) is 12.5 Å². The van der Waals surface area contributed by atoms with Crippen LogP contribution in [0.3, 0.4) is 0 Å². The van der Waals surface area contributed by atoms with Gasteiger partial charge in [0.25, 0.3) is 0 Å². The number of aryl methyl sites for hydroxylation is 1. The molecule has 5 heteroatoms. The van der Waals surface area contributed by atoms with Crippen LogP contribution in [0.5, 0.6) is 5.75 Å². The van der Waals surface area contributed by atoms with Gasteiger partial charge in [0.2, 0.25) is 5.91 Å². The zero-order valence-electron chi connectivity index (χ0n) is 14.2. The summed E-state index contributed by atoms with van der Waals surface area (Å²) in [4.78, 5) is 18.6. The Kier molecular flexibility index (Phi) is 4.32. The van der Waals surface area contributed by atoms with E-state index in [1.807, 2.05) is 13.0 Å². The van der Waals surface area contributed by atoms with E-state index in [-0.39, 0.29) is 11.9 Å². The highest BCUT2D eigenvalue weighted by Gasteiger charge is 2.45. The molecule has 0 bridgehead atoms. The van der Waals surface area contributed by atoms with Crippen molar-refractivity contribution in [1.82, 2.24) is 4.98 Å². The predicted octanol–water partition coefficient (Wildman–Crippen LogP) is 2.70. The van der Waals surface area contributed by atoms with E-state index in [0.717, 1.165) is 23.6 Å². The molecule has 3 rings (SSSR count). The Bertz CT molecular complexity index is 590. The first-order chi connectivity index (χ1) is 10.9. The molecule has 126 valence electrons. The third-order valence-corrected chi connectivity index (χ3v) is 4.70. The summed E-state index contributed by atoms with van der Waals surface area (Å²) in [5.74, 6) is 2.25. The molecule has 1 fully saturated rings. The van der Waals surface area contributed by atoms with Gasteiger partial charge in [0.15, 0.2) is 0 Å². The number of ether oxygens (including phenoxy) is 1. The van der Waals surface area contributed by atoms with E-state index >= 15 is 0 Å². The number of fused-ring (bicyclic) bond motifs is 1. The number of nitrogens with zero attached hydrogens (tertiary/aromatic N) is 2. The molecule has 0 atom stereocenters. The highest BCUT2D eigenvalue weighted by molar-refractivity contribution is 5.96. The van der Waals surface area contributed by atoms with Crippen molar-refractivity contribution in [1.29, 1.82) is 0 Å². The Balaban J connectivity index is 1.73. The SMILES string of the molecule is CC(C)CCOc1cnc2c(c1)CCC(=O)N2[C@H]1C[C@](C)(O)C1. The van der Waals surface area contributed by atoms with Gasteiger partial charge in [-0.25, -0.2) is 4.98 Å². The number of anilines is 1. The number of hydrogen-bond donors (Lipinski definition) is 1. The van der Waals surface area contributed by atoms with E-state index in [1.54, 1.807) is 11.1 Å². The number of carbonyl (C=O) groups excluding carboxylic acids is 1. The molecular weight excluding hydrogens is 292 g/mol. The fraction of sp³-hybridized carbons (Fsp3) is 0.667. The summed E-state index contributed by atoms with van der Waals surface area (Å²) in [6.07, 6.45) is 5.17. The van der Waals surface area contributed by atoms with E-state index in [4.69, 9.17) is 4.74 Å². The predicted molar refractivity (Wildman–Crippen MR) is 88.6 cm³/mol. The lowest BCUT2D eigenvalue weighted by molar-refractivity contribution is -0.121. The van der Waals surface area contributed by atoms with Crippen molar-refractivity contribution in [2.24, 2.45) is 5.92 Å². The van der Waals surface area contributed by atoms with Crippen molar-refractivity contribution in [2.75, 3.05) is 11.5 Å². The quantitative estimate of drug-likeness (QED) is 0.906. The van der Waals surface area contributed by atoms with Crippen LogP contribution in [0.2, 0.25) is 0 Å². The minimum absolute atomic E-state index is 0.0664. The molecule has 1 aromatic heterocycles. The largest absolute Gasteiger partial charge is 0.492 e. The van der Waals surface area contributed by atoms with Crippen LogP contribution in [-0.4, -0.2) is 34.2 Å². The first-order valence-corrected chi connectivity index (χ1v) is 8.52. The number of hydrogen-bond acceptors (Lipinski definition) is 4. The molecule has 5 nitrogen and oxygen atoms in total. The number of carbonyl (C=O) groups is 1. The number of amides is 1. The van der Waals surface area contributed by atoms with E-state index in [1.165, 1.54) is 0 Å². The van der Waals surface area contributed by atoms with E-state index in [2.05, 4.69) is 18.8 Å². The van der Waals surface area contributed by atoms with Gasteiger partial charge in [-0.05, 0) is 50.2 Å². The summed E-state index contributed by atoms with van der Waals surface area (Å²) in [5.41, 5.74) is 0.417. The Morgan fingerprint density at radius 2 is 2.17 bits per heavy atom. The lowest BCUT2D eigenvalue weighted by atomic mass is 9.75. The third-order valence-electron chi connectivity index (χ3n) is 4.70. The molecule has 1 aliphatic heterocycles. The first kappa shape index (κ1) is 16.2. The van der Waals surface area contributed by atoms with Crippen LogP contribution in [0.25, 0.3) is 0 Å². The van der Waals surface area contributed by atoms with E-state index < -0.39 is 5.60 Å². The number of aliphatic hydroxyl groups is 1. The summed E-state index contributed by atoms with van der Waals surface area (Å²) in [7, 11) is 0. The lowest BCUT2D eigenvalue weighted by Crippen LogP contribution is -2.57. The van der Waals surface area contributed by atoms with Gasteiger partial charge >= 0.3 is 0 Å². The fourth-order valence-corrected chi connectivity index (χ4v) is 3.37. The van der Waals surface area contributed by atoms with Crippen LogP contribution in [0.15, 0.2) is 12.3 Å². The number of rotatable bonds is 5. The molecule has 0 aromatic carbocycles. The third kappa shape index (κ3) is 3.50. The molecule has 1 aromatic rings. The minimum atomic E-state index is -0.650. The average Bonchev–Trinajstić information content (AvgIpc) is 2.44. The molecule has 1 saturated carbocycles. The van der Waals surface area contributed by atoms with Crippen molar-refractivity contribution in [3.05, 3.63) is 17.8 Å². The Morgan fingerprint density at radius 1 is 1.43 bits per heavy atom. The molecule has 1 amide bonds. The maximum absolute atomic E-state index is 12.3. The van der Waals surface area contributed by atoms with Gasteiger partial charge in [0.1, 0.15) is 11.6 Å². The summed E-state index contributed by atoms with van der Waals surface area (Å²) >= 11 is 0. The highest BCUT2D eigenvalue weighted by Crippen LogP contribution is 2.40. The van der Waals surface area contributed by atoms with Gasteiger partial charge in [-0.1, -0.05) is 13.8 Å². The minimum Gasteiger partial charge on any atom is -0.492 e. The van der Waals surface area contributed by atoms with Gasteiger partial charge in [-0.15, -0.1) is 0 Å². The lowest BCUT2D eigenvalue weighted by Gasteiger charge is -2.47. The molecule has 0 spiro atoms. The van der Waals surface area contributed by atoms with Crippen LogP contribution in [0.1, 0.15) is 52.0 Å². The van der Waals surface area contributed by atoms with Crippen LogP contribution >= 0.6 is 0 Å². The Labute approximate surface area is 137 Å². The van der Waals surface area contributed by atoms with Gasteiger partial charge in [-0.3, -0.25) is 9.69 Å². The van der Waals surface area contributed by atoms with Gasteiger partial charge < -0.3 is 9.84 Å². The normalized spacial score (nSPS) is 26.9. The maximum atomic E-state index is 12.3. The zero-order chi connectivity index (χ0) is 16.6. The van der Waals surface area contributed by atoms with Gasteiger partial charge in [-0.2, -0.15) is 0 Å². The second kappa shape index (κ2) is 6.11. The molecule has 0 radical (unpaired) electrons. The second-order valence-corrected chi connectivity index (χ2v) is 7.51. The summed E-state index contributed by atoms with van der Waals surface area (Å²) in [5, 5.41) is 9.96. The average molecular weight is 318 g/mol. The Hall–Kier alpha value is -1.62. The molecular formula is C18H26N2O3. The molecule has 1 aliphatic carbocycles. The molecule has 2 heterocycles. The summed E-state index contributed by atoms with van der Waals surface area (Å²) in [6, 6.07) is 2.08. The summed E-state index contributed by atoms with van der Waals surface area (Å²) < 4.78 is 5.77. The molecule has 23 heavy (non-hydrogen) atoms. The van der Waals surface area contributed by atoms with Crippen molar-refractivity contribution < 1.29 is 14.6 Å². The maximum Gasteiger partial charge on any atom is 0.228 e. The van der Waals surface area contributed by atoms with Gasteiger partial charge in [0.05, 0.1) is 18.4 Å². The number of aromatic nitrogens is 1. The molecule has 0 unspecified atom stereocenters. The van der Waals surface area contributed by atoms with Crippen LogP contribution in [-0.2, 0) is 11.2 Å². The van der Waals surface area contributed by atoms with Crippen molar-refractivity contribution in [3.63, 3.8) is 0 Å². The zero-order valence-corrected chi connectivity index (χ0v) is 14.2. The van der Waals surface area contributed by atoms with Crippen molar-refractivity contribution in [3.8, 4) is 5.75 Å². The molecule has 1 N–H and O–H groups in total. The highest BCUT2D eigenvalue weighted by atomic mass is 16.5. The number of pyridine rings is 1.